The number of aromatic nitrogens is 2. The Balaban J connectivity index is 2.06. The Labute approximate surface area is 133 Å². The summed E-state index contributed by atoms with van der Waals surface area (Å²) in [6.07, 6.45) is 6.37. The van der Waals surface area contributed by atoms with Gasteiger partial charge in [0, 0.05) is 5.69 Å². The molecule has 1 heterocycles. The van der Waals surface area contributed by atoms with Crippen LogP contribution in [0.1, 0.15) is 59.9 Å². The molecule has 0 aliphatic carbocycles. The Bertz CT molecular complexity index is 614. The van der Waals surface area contributed by atoms with Gasteiger partial charge in [0.2, 0.25) is 0 Å². The van der Waals surface area contributed by atoms with Gasteiger partial charge in [0.25, 0.3) is 5.91 Å². The normalized spacial score (nSPS) is 10.9. The van der Waals surface area contributed by atoms with Crippen molar-refractivity contribution < 1.29 is 4.79 Å². The Kier molecular flexibility index (Phi) is 5.93. The molecule has 0 atom stereocenters. The van der Waals surface area contributed by atoms with Gasteiger partial charge in [-0.1, -0.05) is 56.5 Å². The van der Waals surface area contributed by atoms with Crippen LogP contribution in [-0.4, -0.2) is 15.7 Å². The summed E-state index contributed by atoms with van der Waals surface area (Å²) in [5, 5.41) is 4.47. The number of rotatable bonds is 7. The molecule has 118 valence electrons. The lowest BCUT2D eigenvalue weighted by atomic mass is 10.0. The number of benzene rings is 1. The quantitative estimate of drug-likeness (QED) is 0.705. The number of nitrogens with zero attached hydrogens (tertiary/aromatic N) is 2. The number of carbonyl (C=O) groups excluding carboxylic acids is 1. The summed E-state index contributed by atoms with van der Waals surface area (Å²) in [5.74, 6) is 0.0478. The topological polar surface area (TPSA) is 34.9 Å². The zero-order valence-corrected chi connectivity index (χ0v) is 13.9. The third kappa shape index (κ3) is 4.06. The zero-order chi connectivity index (χ0) is 15.9. The van der Waals surface area contributed by atoms with E-state index >= 15 is 0 Å². The van der Waals surface area contributed by atoms with Gasteiger partial charge in [0.1, 0.15) is 0 Å². The summed E-state index contributed by atoms with van der Waals surface area (Å²) in [6.45, 7) is 6.24. The van der Waals surface area contributed by atoms with Crippen molar-refractivity contribution >= 4 is 5.91 Å². The maximum atomic E-state index is 12.5. The summed E-state index contributed by atoms with van der Waals surface area (Å²) in [4.78, 5) is 12.5. The predicted molar refractivity (Wildman–Crippen MR) is 90.3 cm³/mol. The molecule has 0 saturated carbocycles. The highest BCUT2D eigenvalue weighted by Gasteiger charge is 2.16. The van der Waals surface area contributed by atoms with Gasteiger partial charge in [-0.15, -0.1) is 0 Å². The average molecular weight is 298 g/mol. The molecule has 0 spiro atoms. The van der Waals surface area contributed by atoms with E-state index in [2.05, 4.69) is 12.0 Å². The van der Waals surface area contributed by atoms with Gasteiger partial charge >= 0.3 is 0 Å². The van der Waals surface area contributed by atoms with Crippen molar-refractivity contribution in [2.75, 3.05) is 0 Å². The van der Waals surface area contributed by atoms with E-state index in [0.29, 0.717) is 6.42 Å². The van der Waals surface area contributed by atoms with Crippen LogP contribution >= 0.6 is 0 Å². The fraction of sp³-hybridized carbons (Fsp3) is 0.474. The Morgan fingerprint density at radius 2 is 1.82 bits per heavy atom. The molecule has 0 saturated heterocycles. The second kappa shape index (κ2) is 7.92. The third-order valence-corrected chi connectivity index (χ3v) is 4.16. The van der Waals surface area contributed by atoms with E-state index in [-0.39, 0.29) is 5.91 Å². The van der Waals surface area contributed by atoms with Crippen LogP contribution in [0, 0.1) is 13.8 Å². The number of carbonyl (C=O) groups is 1. The molecule has 1 aromatic heterocycles. The second-order valence-electron chi connectivity index (χ2n) is 5.93. The average Bonchev–Trinajstić information content (AvgIpc) is 2.80. The van der Waals surface area contributed by atoms with E-state index in [9.17, 15) is 4.79 Å². The highest BCUT2D eigenvalue weighted by molar-refractivity contribution is 5.81. The molecule has 2 rings (SSSR count). The SMILES string of the molecule is CCCCCCc1c(C)nn(C(=O)Cc2ccccc2)c1C. The van der Waals surface area contributed by atoms with Gasteiger partial charge in [-0.2, -0.15) is 5.10 Å². The second-order valence-corrected chi connectivity index (χ2v) is 5.93. The molecule has 2 aromatic rings. The predicted octanol–water partition coefficient (Wildman–Crippen LogP) is 4.51. The molecule has 0 N–H and O–H groups in total. The highest BCUT2D eigenvalue weighted by Crippen LogP contribution is 2.17. The maximum absolute atomic E-state index is 12.5. The van der Waals surface area contributed by atoms with Crippen molar-refractivity contribution in [3.63, 3.8) is 0 Å². The summed E-state index contributed by atoms with van der Waals surface area (Å²) in [5.41, 5.74) is 4.28. The van der Waals surface area contributed by atoms with Crippen LogP contribution in [0.2, 0.25) is 0 Å². The molecule has 0 amide bonds. The van der Waals surface area contributed by atoms with Crippen LogP contribution in [0.15, 0.2) is 30.3 Å². The Hall–Kier alpha value is -1.90. The summed E-state index contributed by atoms with van der Waals surface area (Å²) < 4.78 is 1.59. The maximum Gasteiger partial charge on any atom is 0.251 e. The number of hydrogen-bond acceptors (Lipinski definition) is 2. The van der Waals surface area contributed by atoms with E-state index < -0.39 is 0 Å². The number of unbranched alkanes of at least 4 members (excludes halogenated alkanes) is 3. The fourth-order valence-electron chi connectivity index (χ4n) is 2.85. The van der Waals surface area contributed by atoms with Crippen LogP contribution in [0.4, 0.5) is 0 Å². The first-order chi connectivity index (χ1) is 10.6. The standard InChI is InChI=1S/C19H26N2O/c1-4-5-6-10-13-18-15(2)20-21(16(18)3)19(22)14-17-11-8-7-9-12-17/h7-9,11-12H,4-6,10,13-14H2,1-3H3. The smallest absolute Gasteiger partial charge is 0.251 e. The molecule has 0 aliphatic rings. The van der Waals surface area contributed by atoms with Crippen molar-refractivity contribution in [3.8, 4) is 0 Å². The van der Waals surface area contributed by atoms with Crippen molar-refractivity contribution in [2.24, 2.45) is 0 Å². The minimum absolute atomic E-state index is 0.0478. The van der Waals surface area contributed by atoms with Gasteiger partial charge in [0.05, 0.1) is 12.1 Å². The largest absolute Gasteiger partial charge is 0.272 e. The molecule has 0 radical (unpaired) electrons. The zero-order valence-electron chi connectivity index (χ0n) is 13.9. The number of hydrogen-bond donors (Lipinski definition) is 0. The molecular weight excluding hydrogens is 272 g/mol. The van der Waals surface area contributed by atoms with Crippen molar-refractivity contribution in [1.82, 2.24) is 9.78 Å². The van der Waals surface area contributed by atoms with E-state index in [1.807, 2.05) is 44.2 Å². The van der Waals surface area contributed by atoms with Gasteiger partial charge in [-0.05, 0) is 37.8 Å². The van der Waals surface area contributed by atoms with E-state index in [1.54, 1.807) is 4.68 Å². The molecule has 0 fully saturated rings. The van der Waals surface area contributed by atoms with Crippen LogP contribution in [0.25, 0.3) is 0 Å². The van der Waals surface area contributed by atoms with Crippen LogP contribution in [0.3, 0.4) is 0 Å². The molecule has 3 heteroatoms. The van der Waals surface area contributed by atoms with Gasteiger partial charge in [-0.25, -0.2) is 4.68 Å². The molecule has 0 unspecified atom stereocenters. The third-order valence-electron chi connectivity index (χ3n) is 4.16. The van der Waals surface area contributed by atoms with Crippen LogP contribution < -0.4 is 0 Å². The molecule has 1 aromatic carbocycles. The summed E-state index contributed by atoms with van der Waals surface area (Å²) >= 11 is 0. The summed E-state index contributed by atoms with van der Waals surface area (Å²) in [7, 11) is 0. The molecule has 0 aliphatic heterocycles. The summed E-state index contributed by atoms with van der Waals surface area (Å²) in [6, 6.07) is 9.85. The lowest BCUT2D eigenvalue weighted by Crippen LogP contribution is -2.16. The molecule has 0 bridgehead atoms. The number of aryl methyl sites for hydroxylation is 1. The molecular formula is C19H26N2O. The van der Waals surface area contributed by atoms with Crippen molar-refractivity contribution in [1.29, 1.82) is 0 Å². The highest BCUT2D eigenvalue weighted by atomic mass is 16.2. The lowest BCUT2D eigenvalue weighted by Gasteiger charge is -2.05. The first-order valence-electron chi connectivity index (χ1n) is 8.25. The Morgan fingerprint density at radius 3 is 2.50 bits per heavy atom. The minimum Gasteiger partial charge on any atom is -0.272 e. The van der Waals surface area contributed by atoms with Crippen LogP contribution in [0.5, 0.6) is 0 Å². The first-order valence-corrected chi connectivity index (χ1v) is 8.25. The Morgan fingerprint density at radius 1 is 1.09 bits per heavy atom. The molecule has 22 heavy (non-hydrogen) atoms. The van der Waals surface area contributed by atoms with E-state index in [4.69, 9.17) is 0 Å². The van der Waals surface area contributed by atoms with Crippen molar-refractivity contribution in [2.45, 2.75) is 59.3 Å². The van der Waals surface area contributed by atoms with E-state index in [1.165, 1.54) is 31.2 Å². The van der Waals surface area contributed by atoms with Gasteiger partial charge in [0.15, 0.2) is 0 Å². The fourth-order valence-corrected chi connectivity index (χ4v) is 2.85. The monoisotopic (exact) mass is 298 g/mol. The van der Waals surface area contributed by atoms with Gasteiger partial charge in [-0.3, -0.25) is 4.79 Å². The molecule has 3 nitrogen and oxygen atoms in total. The van der Waals surface area contributed by atoms with Crippen molar-refractivity contribution in [3.05, 3.63) is 52.8 Å². The minimum atomic E-state index is 0.0478. The van der Waals surface area contributed by atoms with E-state index in [0.717, 1.165) is 23.4 Å². The first kappa shape index (κ1) is 16.5. The van der Waals surface area contributed by atoms with Crippen LogP contribution in [-0.2, 0) is 12.8 Å². The van der Waals surface area contributed by atoms with Gasteiger partial charge < -0.3 is 0 Å². The lowest BCUT2D eigenvalue weighted by molar-refractivity contribution is 0.0895.